The fourth-order valence-electron chi connectivity index (χ4n) is 3.20. The van der Waals surface area contributed by atoms with Crippen LogP contribution in [-0.4, -0.2) is 36.5 Å². The Balaban J connectivity index is 1.75. The van der Waals surface area contributed by atoms with Gasteiger partial charge in [-0.15, -0.1) is 0 Å². The van der Waals surface area contributed by atoms with E-state index < -0.39 is 0 Å². The Morgan fingerprint density at radius 2 is 2.23 bits per heavy atom. The van der Waals surface area contributed by atoms with Crippen molar-refractivity contribution in [1.82, 2.24) is 10.2 Å². The molecule has 1 aliphatic rings. The molecule has 0 aliphatic carbocycles. The molecule has 1 saturated heterocycles. The van der Waals surface area contributed by atoms with E-state index in [1.54, 1.807) is 6.07 Å². The summed E-state index contributed by atoms with van der Waals surface area (Å²) >= 11 is 6.13. The van der Waals surface area contributed by atoms with Gasteiger partial charge in [-0.3, -0.25) is 4.79 Å². The summed E-state index contributed by atoms with van der Waals surface area (Å²) < 4.78 is 0. The van der Waals surface area contributed by atoms with Crippen molar-refractivity contribution >= 4 is 17.5 Å². The standard InChI is InChI=1S/C18H27ClN2O/c1-3-15-7-4-5-11-21(15)12-6-10-20-18(22)16-9-8-14(2)13-17(16)19/h8-9,13,15H,3-7,10-12H2,1-2H3,(H,20,22). The predicted octanol–water partition coefficient (Wildman–Crippen LogP) is 4.03. The molecule has 1 aromatic carbocycles. The van der Waals surface area contributed by atoms with Crippen molar-refractivity contribution in [2.45, 2.75) is 52.0 Å². The summed E-state index contributed by atoms with van der Waals surface area (Å²) in [5, 5.41) is 3.51. The monoisotopic (exact) mass is 322 g/mol. The number of nitrogens with one attached hydrogen (secondary N) is 1. The molecule has 1 amide bonds. The number of halogens is 1. The molecule has 2 rings (SSSR count). The lowest BCUT2D eigenvalue weighted by Gasteiger charge is -2.35. The number of hydrogen-bond donors (Lipinski definition) is 1. The minimum atomic E-state index is -0.0734. The molecule has 0 spiro atoms. The number of hydrogen-bond acceptors (Lipinski definition) is 2. The van der Waals surface area contributed by atoms with Crippen LogP contribution in [0, 0.1) is 6.92 Å². The minimum Gasteiger partial charge on any atom is -0.352 e. The highest BCUT2D eigenvalue weighted by atomic mass is 35.5. The fourth-order valence-corrected chi connectivity index (χ4v) is 3.52. The van der Waals surface area contributed by atoms with E-state index in [0.717, 1.165) is 24.6 Å². The van der Waals surface area contributed by atoms with Crippen LogP contribution in [0.15, 0.2) is 18.2 Å². The van der Waals surface area contributed by atoms with Gasteiger partial charge >= 0.3 is 0 Å². The van der Waals surface area contributed by atoms with Gasteiger partial charge in [0.25, 0.3) is 5.91 Å². The van der Waals surface area contributed by atoms with Crippen LogP contribution in [0.2, 0.25) is 5.02 Å². The first-order chi connectivity index (χ1) is 10.6. The lowest BCUT2D eigenvalue weighted by molar-refractivity contribution is 0.0947. The van der Waals surface area contributed by atoms with Crippen LogP contribution < -0.4 is 5.32 Å². The summed E-state index contributed by atoms with van der Waals surface area (Å²) in [7, 11) is 0. The van der Waals surface area contributed by atoms with Gasteiger partial charge in [0.1, 0.15) is 0 Å². The molecule has 1 atom stereocenters. The summed E-state index contributed by atoms with van der Waals surface area (Å²) in [6, 6.07) is 6.28. The molecule has 1 heterocycles. The van der Waals surface area contributed by atoms with Gasteiger partial charge in [0.05, 0.1) is 10.6 Å². The van der Waals surface area contributed by atoms with E-state index in [1.165, 1.54) is 32.2 Å². The van der Waals surface area contributed by atoms with Crippen LogP contribution in [0.4, 0.5) is 0 Å². The van der Waals surface area contributed by atoms with Gasteiger partial charge in [-0.05, 0) is 56.8 Å². The third-order valence-electron chi connectivity index (χ3n) is 4.50. The van der Waals surface area contributed by atoms with E-state index in [-0.39, 0.29) is 5.91 Å². The Hall–Kier alpha value is -1.06. The summed E-state index contributed by atoms with van der Waals surface area (Å²) in [5.41, 5.74) is 1.63. The first-order valence-electron chi connectivity index (χ1n) is 8.40. The third kappa shape index (κ3) is 4.72. The second-order valence-corrected chi connectivity index (χ2v) is 6.59. The molecule has 122 valence electrons. The molecule has 1 unspecified atom stereocenters. The Morgan fingerprint density at radius 1 is 1.41 bits per heavy atom. The summed E-state index contributed by atoms with van der Waals surface area (Å²) in [6.45, 7) is 7.22. The number of aryl methyl sites for hydroxylation is 1. The molecule has 1 aliphatic heterocycles. The van der Waals surface area contributed by atoms with Gasteiger partial charge in [0, 0.05) is 19.1 Å². The normalized spacial score (nSPS) is 19.1. The van der Waals surface area contributed by atoms with E-state index in [1.807, 2.05) is 19.1 Å². The van der Waals surface area contributed by atoms with Gasteiger partial charge in [0.2, 0.25) is 0 Å². The van der Waals surface area contributed by atoms with Crippen molar-refractivity contribution in [3.8, 4) is 0 Å². The van der Waals surface area contributed by atoms with Crippen LogP contribution in [0.5, 0.6) is 0 Å². The van der Waals surface area contributed by atoms with Crippen LogP contribution in [-0.2, 0) is 0 Å². The van der Waals surface area contributed by atoms with Crippen LogP contribution in [0.1, 0.15) is 54.9 Å². The van der Waals surface area contributed by atoms with Crippen molar-refractivity contribution in [3.63, 3.8) is 0 Å². The zero-order chi connectivity index (χ0) is 15.9. The Morgan fingerprint density at radius 3 is 2.95 bits per heavy atom. The first-order valence-corrected chi connectivity index (χ1v) is 8.78. The largest absolute Gasteiger partial charge is 0.352 e. The summed E-state index contributed by atoms with van der Waals surface area (Å²) in [5.74, 6) is -0.0734. The van der Waals surface area contributed by atoms with Gasteiger partial charge in [-0.2, -0.15) is 0 Å². The van der Waals surface area contributed by atoms with Crippen LogP contribution in [0.3, 0.4) is 0 Å². The molecular weight excluding hydrogens is 296 g/mol. The number of carbonyl (C=O) groups excluding carboxylic acids is 1. The average molecular weight is 323 g/mol. The second-order valence-electron chi connectivity index (χ2n) is 6.19. The smallest absolute Gasteiger partial charge is 0.252 e. The van der Waals surface area contributed by atoms with Crippen molar-refractivity contribution < 1.29 is 4.79 Å². The molecule has 1 N–H and O–H groups in total. The maximum absolute atomic E-state index is 12.1. The molecule has 4 heteroatoms. The zero-order valence-electron chi connectivity index (χ0n) is 13.7. The lowest BCUT2D eigenvalue weighted by atomic mass is 10.00. The predicted molar refractivity (Wildman–Crippen MR) is 92.6 cm³/mol. The number of nitrogens with zero attached hydrogens (tertiary/aromatic N) is 1. The van der Waals surface area contributed by atoms with Crippen LogP contribution in [0.25, 0.3) is 0 Å². The van der Waals surface area contributed by atoms with Crippen LogP contribution >= 0.6 is 11.6 Å². The molecule has 0 saturated carbocycles. The highest BCUT2D eigenvalue weighted by Crippen LogP contribution is 2.19. The van der Waals surface area contributed by atoms with Gasteiger partial charge in [-0.25, -0.2) is 0 Å². The number of amides is 1. The topological polar surface area (TPSA) is 32.3 Å². The molecule has 1 aromatic rings. The number of benzene rings is 1. The molecule has 0 radical (unpaired) electrons. The first kappa shape index (κ1) is 17.3. The number of carbonyl (C=O) groups is 1. The molecule has 1 fully saturated rings. The Kier molecular flexibility index (Phi) is 6.71. The summed E-state index contributed by atoms with van der Waals surface area (Å²) in [6.07, 6.45) is 6.21. The van der Waals surface area contributed by atoms with E-state index in [2.05, 4.69) is 17.1 Å². The van der Waals surface area contributed by atoms with Gasteiger partial charge in [0.15, 0.2) is 0 Å². The van der Waals surface area contributed by atoms with Crippen molar-refractivity contribution in [2.75, 3.05) is 19.6 Å². The molecule has 0 aromatic heterocycles. The third-order valence-corrected chi connectivity index (χ3v) is 4.81. The molecule has 22 heavy (non-hydrogen) atoms. The quantitative estimate of drug-likeness (QED) is 0.802. The average Bonchev–Trinajstić information content (AvgIpc) is 2.51. The molecular formula is C18H27ClN2O. The van der Waals surface area contributed by atoms with E-state index in [9.17, 15) is 4.79 Å². The maximum Gasteiger partial charge on any atom is 0.252 e. The Labute approximate surface area is 139 Å². The van der Waals surface area contributed by atoms with Gasteiger partial charge < -0.3 is 10.2 Å². The highest BCUT2D eigenvalue weighted by Gasteiger charge is 2.19. The molecule has 0 bridgehead atoms. The number of piperidine rings is 1. The van der Waals surface area contributed by atoms with Gasteiger partial charge in [-0.1, -0.05) is 31.0 Å². The van der Waals surface area contributed by atoms with E-state index in [4.69, 9.17) is 11.6 Å². The summed E-state index contributed by atoms with van der Waals surface area (Å²) in [4.78, 5) is 14.7. The van der Waals surface area contributed by atoms with E-state index in [0.29, 0.717) is 17.1 Å². The highest BCUT2D eigenvalue weighted by molar-refractivity contribution is 6.33. The van der Waals surface area contributed by atoms with Crippen molar-refractivity contribution in [1.29, 1.82) is 0 Å². The number of rotatable bonds is 6. The maximum atomic E-state index is 12.1. The minimum absolute atomic E-state index is 0.0734. The lowest BCUT2D eigenvalue weighted by Crippen LogP contribution is -2.40. The van der Waals surface area contributed by atoms with Crippen molar-refractivity contribution in [2.24, 2.45) is 0 Å². The zero-order valence-corrected chi connectivity index (χ0v) is 14.5. The SMILES string of the molecule is CCC1CCCCN1CCCNC(=O)c1ccc(C)cc1Cl. The van der Waals surface area contributed by atoms with E-state index >= 15 is 0 Å². The fraction of sp³-hybridized carbons (Fsp3) is 0.611. The molecule has 3 nitrogen and oxygen atoms in total. The number of likely N-dealkylation sites (tertiary alicyclic amines) is 1. The van der Waals surface area contributed by atoms with Crippen molar-refractivity contribution in [3.05, 3.63) is 34.3 Å². The second kappa shape index (κ2) is 8.54. The Bertz CT molecular complexity index is 504.